The Balaban J connectivity index is 1.24. The van der Waals surface area contributed by atoms with Gasteiger partial charge in [-0.2, -0.15) is 0 Å². The van der Waals surface area contributed by atoms with E-state index in [2.05, 4.69) is 204 Å². The summed E-state index contributed by atoms with van der Waals surface area (Å²) in [4.78, 5) is 2.33. The molecule has 0 amide bonds. The van der Waals surface area contributed by atoms with Crippen molar-refractivity contribution in [3.63, 3.8) is 0 Å². The third kappa shape index (κ3) is 7.58. The van der Waals surface area contributed by atoms with Gasteiger partial charge in [0.1, 0.15) is 0 Å². The molecule has 0 radical (unpaired) electrons. The summed E-state index contributed by atoms with van der Waals surface area (Å²) in [5.41, 5.74) is 12.9. The van der Waals surface area contributed by atoms with E-state index < -0.39 is 0 Å². The van der Waals surface area contributed by atoms with Gasteiger partial charge in [-0.15, -0.1) is 0 Å². The predicted octanol–water partition coefficient (Wildman–Crippen LogP) is 12.8. The zero-order valence-electron chi connectivity index (χ0n) is 28.7. The van der Waals surface area contributed by atoms with E-state index in [0.717, 1.165) is 23.5 Å². The van der Waals surface area contributed by atoms with Gasteiger partial charge < -0.3 is 4.90 Å². The fraction of sp³-hybridized carbons (Fsp3) is 0.217. The molecule has 6 aromatic rings. The molecule has 0 spiro atoms. The van der Waals surface area contributed by atoms with Gasteiger partial charge in [0.2, 0.25) is 0 Å². The Bertz CT molecular complexity index is 1850. The van der Waals surface area contributed by atoms with E-state index in [1.54, 1.807) is 0 Å². The highest BCUT2D eigenvalue weighted by molar-refractivity contribution is 5.78. The number of rotatable bonds is 8. The van der Waals surface area contributed by atoms with E-state index >= 15 is 0 Å². The summed E-state index contributed by atoms with van der Waals surface area (Å²) in [7, 11) is 0. The lowest BCUT2D eigenvalue weighted by Crippen LogP contribution is -2.13. The van der Waals surface area contributed by atoms with Crippen LogP contribution in [0.25, 0.3) is 11.1 Å². The van der Waals surface area contributed by atoms with E-state index in [1.807, 2.05) is 0 Å². The maximum atomic E-state index is 2.33. The van der Waals surface area contributed by atoms with Crippen molar-refractivity contribution in [2.75, 3.05) is 4.90 Å². The average Bonchev–Trinajstić information content (AvgIpc) is 3.08. The van der Waals surface area contributed by atoms with Crippen molar-refractivity contribution in [2.24, 2.45) is 0 Å². The van der Waals surface area contributed by atoms with Crippen LogP contribution in [0.5, 0.6) is 0 Å². The first-order chi connectivity index (χ1) is 22.6. The van der Waals surface area contributed by atoms with E-state index in [-0.39, 0.29) is 10.8 Å². The number of nitrogens with zero attached hydrogens (tertiary/aromatic N) is 1. The van der Waals surface area contributed by atoms with Gasteiger partial charge in [0, 0.05) is 23.0 Å². The molecule has 0 N–H and O–H groups in total. The molecule has 0 aliphatic carbocycles. The first-order valence-corrected chi connectivity index (χ1v) is 16.9. The summed E-state index contributed by atoms with van der Waals surface area (Å²) >= 11 is 0. The van der Waals surface area contributed by atoms with Gasteiger partial charge in [0.15, 0.2) is 0 Å². The normalized spacial score (nSPS) is 12.5. The Kier molecular flexibility index (Phi) is 9.19. The molecule has 47 heavy (non-hydrogen) atoms. The molecule has 0 saturated heterocycles. The molecule has 0 aliphatic heterocycles. The van der Waals surface area contributed by atoms with E-state index in [0.29, 0.717) is 5.92 Å². The van der Waals surface area contributed by atoms with Crippen molar-refractivity contribution in [2.45, 2.75) is 64.7 Å². The minimum absolute atomic E-state index is 0.119. The molecular formula is C46H47N. The van der Waals surface area contributed by atoms with Crippen LogP contribution in [0.2, 0.25) is 0 Å². The highest BCUT2D eigenvalue weighted by Gasteiger charge is 2.19. The summed E-state index contributed by atoms with van der Waals surface area (Å²) in [6, 6.07) is 57.9. The van der Waals surface area contributed by atoms with Crippen molar-refractivity contribution in [1.29, 1.82) is 0 Å². The molecule has 1 heteroatoms. The number of benzene rings is 6. The third-order valence-electron chi connectivity index (χ3n) is 9.24. The molecule has 6 rings (SSSR count). The second kappa shape index (κ2) is 13.5. The van der Waals surface area contributed by atoms with Crippen molar-refractivity contribution in [3.8, 4) is 11.1 Å². The quantitative estimate of drug-likeness (QED) is 0.165. The van der Waals surface area contributed by atoms with Gasteiger partial charge in [0.05, 0.1) is 0 Å². The summed E-state index contributed by atoms with van der Waals surface area (Å²) in [6.07, 6.45) is 0.956. The van der Waals surface area contributed by atoms with Gasteiger partial charge in [-0.05, 0) is 92.6 Å². The number of para-hydroxylation sites is 1. The molecule has 0 aromatic heterocycles. The summed E-state index contributed by atoms with van der Waals surface area (Å²) in [5.74, 6) is 0.303. The van der Waals surface area contributed by atoms with Crippen molar-refractivity contribution in [3.05, 3.63) is 186 Å². The molecule has 236 valence electrons. The molecule has 0 aliphatic rings. The van der Waals surface area contributed by atoms with E-state index in [4.69, 9.17) is 0 Å². The molecule has 1 unspecified atom stereocenters. The SMILES string of the molecule is CC(C)(C)c1ccc(C(Cc2ccc(-c3ccc(N(c4ccccc4)c4ccc(C(C)(C)C)cc4)cc3)cc2)c2ccccc2)cc1. The maximum absolute atomic E-state index is 2.33. The molecule has 0 bridgehead atoms. The summed E-state index contributed by atoms with van der Waals surface area (Å²) in [5, 5.41) is 0. The zero-order chi connectivity index (χ0) is 33.0. The third-order valence-corrected chi connectivity index (χ3v) is 9.24. The largest absolute Gasteiger partial charge is 0.311 e. The van der Waals surface area contributed by atoms with Gasteiger partial charge in [-0.3, -0.25) is 0 Å². The Morgan fingerprint density at radius 1 is 0.404 bits per heavy atom. The fourth-order valence-electron chi connectivity index (χ4n) is 6.34. The highest BCUT2D eigenvalue weighted by Crippen LogP contribution is 2.37. The lowest BCUT2D eigenvalue weighted by Gasteiger charge is -2.27. The van der Waals surface area contributed by atoms with Crippen molar-refractivity contribution >= 4 is 17.1 Å². The van der Waals surface area contributed by atoms with Crippen LogP contribution in [0.15, 0.2) is 158 Å². The summed E-state index contributed by atoms with van der Waals surface area (Å²) in [6.45, 7) is 13.6. The zero-order valence-corrected chi connectivity index (χ0v) is 28.7. The Morgan fingerprint density at radius 3 is 1.28 bits per heavy atom. The first-order valence-electron chi connectivity index (χ1n) is 16.9. The van der Waals surface area contributed by atoms with Gasteiger partial charge in [-0.25, -0.2) is 0 Å². The highest BCUT2D eigenvalue weighted by atomic mass is 15.1. The molecule has 1 atom stereocenters. The minimum Gasteiger partial charge on any atom is -0.311 e. The standard InChI is InChI=1S/C46H47N/c1-45(2,3)39-25-21-38(22-26-39)44(37-13-9-7-10-14-37)33-34-17-19-35(20-18-34)36-23-29-42(30-24-36)47(41-15-11-8-12-16-41)43-31-27-40(28-32-43)46(4,5)6/h7-32,44H,33H2,1-6H3. The van der Waals surface area contributed by atoms with Crippen molar-refractivity contribution in [1.82, 2.24) is 0 Å². The van der Waals surface area contributed by atoms with Gasteiger partial charge in [-0.1, -0.05) is 163 Å². The second-order valence-corrected chi connectivity index (χ2v) is 14.8. The number of hydrogen-bond donors (Lipinski definition) is 0. The van der Waals surface area contributed by atoms with Gasteiger partial charge in [0.25, 0.3) is 0 Å². The van der Waals surface area contributed by atoms with Crippen LogP contribution in [-0.2, 0) is 17.3 Å². The Labute approximate surface area is 282 Å². The Morgan fingerprint density at radius 2 is 0.787 bits per heavy atom. The second-order valence-electron chi connectivity index (χ2n) is 14.8. The average molecular weight is 614 g/mol. The van der Waals surface area contributed by atoms with Crippen LogP contribution in [0, 0.1) is 0 Å². The van der Waals surface area contributed by atoms with Crippen LogP contribution < -0.4 is 4.90 Å². The smallest absolute Gasteiger partial charge is 0.0462 e. The van der Waals surface area contributed by atoms with Crippen LogP contribution in [0.1, 0.15) is 75.3 Å². The predicted molar refractivity (Wildman–Crippen MR) is 202 cm³/mol. The molecule has 0 heterocycles. The topological polar surface area (TPSA) is 3.24 Å². The molecule has 0 fully saturated rings. The summed E-state index contributed by atoms with van der Waals surface area (Å²) < 4.78 is 0. The van der Waals surface area contributed by atoms with Gasteiger partial charge >= 0.3 is 0 Å². The van der Waals surface area contributed by atoms with E-state index in [9.17, 15) is 0 Å². The number of hydrogen-bond acceptors (Lipinski definition) is 1. The van der Waals surface area contributed by atoms with E-state index in [1.165, 1.54) is 38.9 Å². The van der Waals surface area contributed by atoms with Crippen LogP contribution in [-0.4, -0.2) is 0 Å². The Hall–Kier alpha value is -4.88. The fourth-order valence-corrected chi connectivity index (χ4v) is 6.34. The maximum Gasteiger partial charge on any atom is 0.0462 e. The van der Waals surface area contributed by atoms with Crippen LogP contribution in [0.3, 0.4) is 0 Å². The van der Waals surface area contributed by atoms with Crippen molar-refractivity contribution < 1.29 is 0 Å². The van der Waals surface area contributed by atoms with Crippen LogP contribution in [0.4, 0.5) is 17.1 Å². The molecule has 0 saturated carbocycles. The minimum atomic E-state index is 0.119. The number of anilines is 3. The molecule has 6 aromatic carbocycles. The molecule has 1 nitrogen and oxygen atoms in total. The van der Waals surface area contributed by atoms with Crippen LogP contribution >= 0.6 is 0 Å². The lowest BCUT2D eigenvalue weighted by atomic mass is 9.82. The lowest BCUT2D eigenvalue weighted by molar-refractivity contribution is 0.589. The monoisotopic (exact) mass is 613 g/mol. The molecular weight excluding hydrogens is 567 g/mol. The first kappa shape index (κ1) is 32.1.